The van der Waals surface area contributed by atoms with Gasteiger partial charge in [-0.25, -0.2) is 15.0 Å². The molecule has 4 aromatic rings. The molecular weight excluding hydrogens is 465 g/mol. The lowest BCUT2D eigenvalue weighted by molar-refractivity contribution is 0.415. The molecule has 3 aromatic heterocycles. The third-order valence-corrected chi connectivity index (χ3v) is 6.69. The van der Waals surface area contributed by atoms with Gasteiger partial charge in [-0.1, -0.05) is 41.2 Å². The lowest BCUT2D eigenvalue weighted by Gasteiger charge is -2.26. The van der Waals surface area contributed by atoms with Gasteiger partial charge < -0.3 is 15.0 Å². The first kappa shape index (κ1) is 22.7. The van der Waals surface area contributed by atoms with Gasteiger partial charge in [0, 0.05) is 18.3 Å². The van der Waals surface area contributed by atoms with E-state index in [-0.39, 0.29) is 6.04 Å². The average molecular weight is 488 g/mol. The van der Waals surface area contributed by atoms with Crippen molar-refractivity contribution in [2.24, 2.45) is 0 Å². The number of thiazole rings is 1. The van der Waals surface area contributed by atoms with Crippen LogP contribution in [0.2, 0.25) is 0 Å². The summed E-state index contributed by atoms with van der Waals surface area (Å²) in [6.07, 6.45) is 4.90. The maximum atomic E-state index is 13.6. The minimum atomic E-state index is -0.578. The Kier molecular flexibility index (Phi) is 6.25. The van der Waals surface area contributed by atoms with Gasteiger partial charge in [0.25, 0.3) is 0 Å². The molecule has 1 aliphatic heterocycles. The highest BCUT2D eigenvalue weighted by Crippen LogP contribution is 2.41. The number of methoxy groups -OCH3 is 1. The molecule has 1 aromatic carbocycles. The van der Waals surface area contributed by atoms with E-state index in [0.717, 1.165) is 19.4 Å². The second-order valence-corrected chi connectivity index (χ2v) is 9.18. The molecule has 35 heavy (non-hydrogen) atoms. The molecular formula is C25H22FN7OS. The lowest BCUT2D eigenvalue weighted by Crippen LogP contribution is -2.25. The zero-order chi connectivity index (χ0) is 24.4. The molecule has 0 aliphatic carbocycles. The fraction of sp³-hybridized carbons (Fsp3) is 0.240. The summed E-state index contributed by atoms with van der Waals surface area (Å²) >= 11 is 1.21. The first-order valence-electron chi connectivity index (χ1n) is 11.1. The zero-order valence-corrected chi connectivity index (χ0v) is 20.0. The average Bonchev–Trinajstić information content (AvgIpc) is 3.54. The number of benzene rings is 1. The molecule has 1 N–H and O–H groups in total. The summed E-state index contributed by atoms with van der Waals surface area (Å²) in [5, 5.41) is 12.9. The molecule has 176 valence electrons. The minimum absolute atomic E-state index is 0.126. The molecule has 1 aliphatic rings. The summed E-state index contributed by atoms with van der Waals surface area (Å²) in [4.78, 5) is 20.4. The number of nitrogens with zero attached hydrogens (tertiary/aromatic N) is 6. The summed E-state index contributed by atoms with van der Waals surface area (Å²) in [5.74, 6) is 0.728. The van der Waals surface area contributed by atoms with Crippen molar-refractivity contribution in [3.05, 3.63) is 70.7 Å². The van der Waals surface area contributed by atoms with Gasteiger partial charge in [0.15, 0.2) is 16.7 Å². The smallest absolute Gasteiger partial charge is 0.228 e. The van der Waals surface area contributed by atoms with Crippen molar-refractivity contribution < 1.29 is 9.13 Å². The number of aromatic nitrogens is 4. The van der Waals surface area contributed by atoms with Gasteiger partial charge in [-0.05, 0) is 37.5 Å². The summed E-state index contributed by atoms with van der Waals surface area (Å²) in [7, 11) is 1.53. The van der Waals surface area contributed by atoms with E-state index in [1.165, 1.54) is 48.0 Å². The number of pyridine rings is 1. The Morgan fingerprint density at radius 1 is 1.14 bits per heavy atom. The maximum Gasteiger partial charge on any atom is 0.228 e. The second-order valence-electron chi connectivity index (χ2n) is 8.15. The number of ether oxygens (including phenoxy) is 1. The van der Waals surface area contributed by atoms with E-state index in [1.807, 2.05) is 0 Å². The molecule has 1 atom stereocenters. The number of aryl methyl sites for hydroxylation is 1. The number of nitriles is 1. The van der Waals surface area contributed by atoms with Crippen molar-refractivity contribution in [2.75, 3.05) is 23.9 Å². The summed E-state index contributed by atoms with van der Waals surface area (Å²) < 4.78 is 19.2. The van der Waals surface area contributed by atoms with Gasteiger partial charge in [0.2, 0.25) is 11.9 Å². The van der Waals surface area contributed by atoms with Gasteiger partial charge in [-0.2, -0.15) is 14.6 Å². The molecule has 5 rings (SSSR count). The van der Waals surface area contributed by atoms with Crippen molar-refractivity contribution in [3.8, 4) is 23.1 Å². The standard InChI is InChI=1S/C25H22FN7OS/c1-15-5-7-16(8-6-15)19-4-3-11-33(19)24-30-21(17-9-10-20(26)28-13-17)22(34-2)23(31-24)32-25-29-14-18(12-27)35-25/h5-10,13-14,19H,3-4,11H2,1-2H3,(H,29,30,31,32). The van der Waals surface area contributed by atoms with Gasteiger partial charge in [0.05, 0.1) is 19.3 Å². The highest BCUT2D eigenvalue weighted by Gasteiger charge is 2.30. The number of hydrogen-bond donors (Lipinski definition) is 1. The van der Waals surface area contributed by atoms with Crippen LogP contribution in [0.5, 0.6) is 5.75 Å². The Morgan fingerprint density at radius 3 is 2.66 bits per heavy atom. The number of anilines is 3. The zero-order valence-electron chi connectivity index (χ0n) is 19.2. The molecule has 0 saturated carbocycles. The molecule has 4 heterocycles. The van der Waals surface area contributed by atoms with Crippen molar-refractivity contribution in [1.82, 2.24) is 19.9 Å². The largest absolute Gasteiger partial charge is 0.491 e. The number of rotatable bonds is 6. The van der Waals surface area contributed by atoms with E-state index in [0.29, 0.717) is 38.8 Å². The number of halogens is 1. The van der Waals surface area contributed by atoms with Crippen LogP contribution in [0.4, 0.5) is 21.3 Å². The highest BCUT2D eigenvalue weighted by atomic mass is 32.1. The van der Waals surface area contributed by atoms with Gasteiger partial charge in [-0.3, -0.25) is 0 Å². The first-order valence-corrected chi connectivity index (χ1v) is 11.9. The third-order valence-electron chi connectivity index (χ3n) is 5.87. The molecule has 1 unspecified atom stereocenters. The molecule has 1 fully saturated rings. The van der Waals surface area contributed by atoms with Crippen LogP contribution in [-0.2, 0) is 0 Å². The topological polar surface area (TPSA) is 99.8 Å². The fourth-order valence-electron chi connectivity index (χ4n) is 4.18. The van der Waals surface area contributed by atoms with Crippen molar-refractivity contribution in [1.29, 1.82) is 5.26 Å². The molecule has 1 saturated heterocycles. The summed E-state index contributed by atoms with van der Waals surface area (Å²) in [6.45, 7) is 2.86. The minimum Gasteiger partial charge on any atom is -0.491 e. The quantitative estimate of drug-likeness (QED) is 0.361. The van der Waals surface area contributed by atoms with Crippen molar-refractivity contribution in [2.45, 2.75) is 25.8 Å². The third kappa shape index (κ3) is 4.63. The van der Waals surface area contributed by atoms with Crippen molar-refractivity contribution >= 4 is 28.2 Å². The Morgan fingerprint density at radius 2 is 1.97 bits per heavy atom. The molecule has 0 bridgehead atoms. The predicted molar refractivity (Wildman–Crippen MR) is 132 cm³/mol. The molecule has 0 amide bonds. The van der Waals surface area contributed by atoms with E-state index < -0.39 is 5.95 Å². The SMILES string of the molecule is COc1c(Nc2ncc(C#N)s2)nc(N2CCCC2c2ccc(C)cc2)nc1-c1ccc(F)nc1. The molecule has 0 spiro atoms. The van der Waals surface area contributed by atoms with E-state index in [1.54, 1.807) is 6.07 Å². The number of hydrogen-bond acceptors (Lipinski definition) is 9. The van der Waals surface area contributed by atoms with Crippen molar-refractivity contribution in [3.63, 3.8) is 0 Å². The van der Waals surface area contributed by atoms with Crippen LogP contribution in [0.1, 0.15) is 34.9 Å². The van der Waals surface area contributed by atoms with Crippen LogP contribution in [-0.4, -0.2) is 33.6 Å². The van der Waals surface area contributed by atoms with Gasteiger partial charge >= 0.3 is 0 Å². The number of nitrogens with one attached hydrogen (secondary N) is 1. The van der Waals surface area contributed by atoms with Crippen LogP contribution >= 0.6 is 11.3 Å². The Balaban J connectivity index is 1.62. The first-order chi connectivity index (χ1) is 17.1. The van der Waals surface area contributed by atoms with Crippen LogP contribution in [0.3, 0.4) is 0 Å². The Bertz CT molecular complexity index is 1380. The Hall–Kier alpha value is -4.10. The normalized spacial score (nSPS) is 15.1. The van der Waals surface area contributed by atoms with E-state index in [2.05, 4.69) is 57.4 Å². The van der Waals surface area contributed by atoms with E-state index in [4.69, 9.17) is 14.7 Å². The summed E-state index contributed by atoms with van der Waals surface area (Å²) in [5.41, 5.74) is 3.49. The van der Waals surface area contributed by atoms with E-state index >= 15 is 0 Å². The molecule has 8 nitrogen and oxygen atoms in total. The van der Waals surface area contributed by atoms with Crippen LogP contribution in [0, 0.1) is 24.2 Å². The monoisotopic (exact) mass is 487 g/mol. The highest BCUT2D eigenvalue weighted by molar-refractivity contribution is 7.16. The van der Waals surface area contributed by atoms with Crippen LogP contribution < -0.4 is 15.0 Å². The second kappa shape index (κ2) is 9.64. The summed E-state index contributed by atoms with van der Waals surface area (Å²) in [6, 6.07) is 13.6. The predicted octanol–water partition coefficient (Wildman–Crippen LogP) is 5.41. The Labute approximate surface area is 206 Å². The van der Waals surface area contributed by atoms with Gasteiger partial charge in [0.1, 0.15) is 16.6 Å². The fourth-order valence-corrected chi connectivity index (χ4v) is 4.80. The molecule has 0 radical (unpaired) electrons. The van der Waals surface area contributed by atoms with E-state index in [9.17, 15) is 9.65 Å². The molecule has 10 heteroatoms. The maximum absolute atomic E-state index is 13.6. The van der Waals surface area contributed by atoms with Crippen LogP contribution in [0.15, 0.2) is 48.8 Å². The lowest BCUT2D eigenvalue weighted by atomic mass is 10.0. The van der Waals surface area contributed by atoms with Crippen LogP contribution in [0.25, 0.3) is 11.3 Å². The van der Waals surface area contributed by atoms with Gasteiger partial charge in [-0.15, -0.1) is 0 Å².